The molecule has 1 atom stereocenters. The summed E-state index contributed by atoms with van der Waals surface area (Å²) in [4.78, 5) is 28.1. The second-order valence-corrected chi connectivity index (χ2v) is 6.89. The normalized spacial score (nSPS) is 17.1. The molecule has 0 aromatic heterocycles. The van der Waals surface area contributed by atoms with Gasteiger partial charge >= 0.3 is 6.03 Å². The highest BCUT2D eigenvalue weighted by Gasteiger charge is 2.26. The SMILES string of the molecule is CC(=O)c1ccc(NC(=O)N2CCN(c3ccc(C)cc3)[C@@H](C)C2)cc1. The van der Waals surface area contributed by atoms with E-state index in [4.69, 9.17) is 0 Å². The number of hydrogen-bond donors (Lipinski definition) is 1. The minimum absolute atomic E-state index is 0.0175. The summed E-state index contributed by atoms with van der Waals surface area (Å²) in [5.41, 5.74) is 3.79. The van der Waals surface area contributed by atoms with Gasteiger partial charge in [0.05, 0.1) is 0 Å². The smallest absolute Gasteiger partial charge is 0.321 e. The molecule has 0 spiro atoms. The molecule has 1 aliphatic heterocycles. The van der Waals surface area contributed by atoms with E-state index in [1.54, 1.807) is 24.3 Å². The van der Waals surface area contributed by atoms with E-state index in [2.05, 4.69) is 48.3 Å². The molecule has 3 rings (SSSR count). The molecule has 5 heteroatoms. The minimum Gasteiger partial charge on any atom is -0.365 e. The molecule has 1 fully saturated rings. The van der Waals surface area contributed by atoms with Crippen molar-refractivity contribution in [3.8, 4) is 0 Å². The minimum atomic E-state index is -0.101. The van der Waals surface area contributed by atoms with Crippen LogP contribution in [0.4, 0.5) is 16.2 Å². The molecule has 1 N–H and O–H groups in total. The van der Waals surface area contributed by atoms with E-state index in [0.717, 1.165) is 6.54 Å². The maximum atomic E-state index is 12.5. The van der Waals surface area contributed by atoms with Crippen molar-refractivity contribution in [2.24, 2.45) is 0 Å². The number of anilines is 2. The van der Waals surface area contributed by atoms with Crippen LogP contribution in [0.3, 0.4) is 0 Å². The summed E-state index contributed by atoms with van der Waals surface area (Å²) in [6.45, 7) is 7.91. The summed E-state index contributed by atoms with van der Waals surface area (Å²) in [5.74, 6) is 0.0175. The van der Waals surface area contributed by atoms with Gasteiger partial charge in [0.15, 0.2) is 5.78 Å². The molecular weight excluding hydrogens is 326 g/mol. The number of hydrogen-bond acceptors (Lipinski definition) is 3. The first-order valence-electron chi connectivity index (χ1n) is 8.94. The van der Waals surface area contributed by atoms with Crippen LogP contribution in [-0.2, 0) is 0 Å². The number of nitrogens with one attached hydrogen (secondary N) is 1. The molecule has 0 saturated carbocycles. The van der Waals surface area contributed by atoms with Crippen LogP contribution in [0.2, 0.25) is 0 Å². The number of aryl methyl sites for hydroxylation is 1. The zero-order valence-corrected chi connectivity index (χ0v) is 15.5. The fourth-order valence-corrected chi connectivity index (χ4v) is 3.25. The van der Waals surface area contributed by atoms with Crippen LogP contribution in [0.5, 0.6) is 0 Å². The summed E-state index contributed by atoms with van der Waals surface area (Å²) in [6.07, 6.45) is 0. The van der Waals surface area contributed by atoms with Crippen molar-refractivity contribution in [2.75, 3.05) is 29.9 Å². The fourth-order valence-electron chi connectivity index (χ4n) is 3.25. The Morgan fingerprint density at radius 3 is 2.23 bits per heavy atom. The molecule has 1 heterocycles. The molecule has 1 saturated heterocycles. The standard InChI is InChI=1S/C21H25N3O2/c1-15-4-10-20(11-5-15)24-13-12-23(14-16(24)2)21(26)22-19-8-6-18(7-9-19)17(3)25/h4-11,16H,12-14H2,1-3H3,(H,22,26)/t16-/m0/s1. The van der Waals surface area contributed by atoms with E-state index < -0.39 is 0 Å². The van der Waals surface area contributed by atoms with E-state index in [0.29, 0.717) is 24.3 Å². The van der Waals surface area contributed by atoms with Gasteiger partial charge in [-0.1, -0.05) is 17.7 Å². The molecule has 2 aromatic rings. The highest BCUT2D eigenvalue weighted by atomic mass is 16.2. The quantitative estimate of drug-likeness (QED) is 0.852. The zero-order valence-electron chi connectivity index (χ0n) is 15.5. The molecule has 0 aliphatic carbocycles. The maximum absolute atomic E-state index is 12.5. The lowest BCUT2D eigenvalue weighted by atomic mass is 10.1. The topological polar surface area (TPSA) is 52.7 Å². The monoisotopic (exact) mass is 351 g/mol. The van der Waals surface area contributed by atoms with Crippen LogP contribution >= 0.6 is 0 Å². The maximum Gasteiger partial charge on any atom is 0.321 e. The Morgan fingerprint density at radius 2 is 1.65 bits per heavy atom. The molecule has 5 nitrogen and oxygen atoms in total. The number of carbonyl (C=O) groups is 2. The first kappa shape index (κ1) is 18.0. The molecule has 0 unspecified atom stereocenters. The summed E-state index contributed by atoms with van der Waals surface area (Å²) in [7, 11) is 0. The Morgan fingerprint density at radius 1 is 1.00 bits per heavy atom. The molecule has 1 aliphatic rings. The average molecular weight is 351 g/mol. The molecule has 26 heavy (non-hydrogen) atoms. The van der Waals surface area contributed by atoms with Crippen LogP contribution in [0.15, 0.2) is 48.5 Å². The number of urea groups is 1. The Balaban J connectivity index is 1.60. The first-order valence-corrected chi connectivity index (χ1v) is 8.94. The van der Waals surface area contributed by atoms with Gasteiger partial charge in [-0.25, -0.2) is 4.79 Å². The third-order valence-corrected chi connectivity index (χ3v) is 4.82. The van der Waals surface area contributed by atoms with Crippen LogP contribution in [-0.4, -0.2) is 42.4 Å². The molecule has 0 radical (unpaired) electrons. The second-order valence-electron chi connectivity index (χ2n) is 6.89. The van der Waals surface area contributed by atoms with Gasteiger partial charge in [-0.3, -0.25) is 4.79 Å². The Bertz CT molecular complexity index is 784. The van der Waals surface area contributed by atoms with Gasteiger partial charge in [0.1, 0.15) is 0 Å². The largest absolute Gasteiger partial charge is 0.365 e. The number of carbonyl (C=O) groups excluding carboxylic acids is 2. The van der Waals surface area contributed by atoms with Crippen molar-refractivity contribution < 1.29 is 9.59 Å². The third-order valence-electron chi connectivity index (χ3n) is 4.82. The number of rotatable bonds is 3. The Labute approximate surface area is 154 Å². The van der Waals surface area contributed by atoms with Gasteiger partial charge in [-0.15, -0.1) is 0 Å². The third kappa shape index (κ3) is 4.04. The van der Waals surface area contributed by atoms with Crippen molar-refractivity contribution >= 4 is 23.2 Å². The number of amides is 2. The molecule has 136 valence electrons. The predicted molar refractivity (Wildman–Crippen MR) is 105 cm³/mol. The summed E-state index contributed by atoms with van der Waals surface area (Å²) >= 11 is 0. The van der Waals surface area contributed by atoms with Crippen molar-refractivity contribution in [2.45, 2.75) is 26.8 Å². The van der Waals surface area contributed by atoms with Gasteiger partial charge in [0.2, 0.25) is 0 Å². The van der Waals surface area contributed by atoms with Crippen molar-refractivity contribution in [1.29, 1.82) is 0 Å². The van der Waals surface area contributed by atoms with Crippen LogP contribution < -0.4 is 10.2 Å². The van der Waals surface area contributed by atoms with E-state index in [-0.39, 0.29) is 17.9 Å². The van der Waals surface area contributed by atoms with Crippen LogP contribution in [0, 0.1) is 6.92 Å². The summed E-state index contributed by atoms with van der Waals surface area (Å²) in [6, 6.07) is 15.6. The summed E-state index contributed by atoms with van der Waals surface area (Å²) < 4.78 is 0. The van der Waals surface area contributed by atoms with Gasteiger partial charge in [-0.05, 0) is 57.2 Å². The lowest BCUT2D eigenvalue weighted by molar-refractivity contribution is 0.101. The van der Waals surface area contributed by atoms with Gasteiger partial charge < -0.3 is 15.1 Å². The number of nitrogens with zero attached hydrogens (tertiary/aromatic N) is 2. The van der Waals surface area contributed by atoms with Crippen molar-refractivity contribution in [1.82, 2.24) is 4.90 Å². The van der Waals surface area contributed by atoms with Crippen molar-refractivity contribution in [3.05, 3.63) is 59.7 Å². The van der Waals surface area contributed by atoms with Gasteiger partial charge in [-0.2, -0.15) is 0 Å². The van der Waals surface area contributed by atoms with Crippen LogP contribution in [0.25, 0.3) is 0 Å². The van der Waals surface area contributed by atoms with E-state index in [1.807, 2.05) is 4.90 Å². The predicted octanol–water partition coefficient (Wildman–Crippen LogP) is 3.94. The zero-order chi connectivity index (χ0) is 18.7. The molecular formula is C21H25N3O2. The number of piperazine rings is 1. The van der Waals surface area contributed by atoms with Gasteiger partial charge in [0, 0.05) is 42.6 Å². The van der Waals surface area contributed by atoms with E-state index >= 15 is 0 Å². The van der Waals surface area contributed by atoms with Crippen molar-refractivity contribution in [3.63, 3.8) is 0 Å². The fraction of sp³-hybridized carbons (Fsp3) is 0.333. The second kappa shape index (κ2) is 7.60. The Kier molecular flexibility index (Phi) is 5.26. The average Bonchev–Trinajstić information content (AvgIpc) is 2.63. The number of Topliss-reactive ketones (excluding diaryl/α,β-unsaturated/α-hetero) is 1. The van der Waals surface area contributed by atoms with E-state index in [1.165, 1.54) is 18.2 Å². The number of ketones is 1. The highest BCUT2D eigenvalue weighted by molar-refractivity contribution is 5.95. The molecule has 2 amide bonds. The molecule has 0 bridgehead atoms. The van der Waals surface area contributed by atoms with Gasteiger partial charge in [0.25, 0.3) is 0 Å². The highest BCUT2D eigenvalue weighted by Crippen LogP contribution is 2.21. The number of benzene rings is 2. The lowest BCUT2D eigenvalue weighted by Crippen LogP contribution is -2.54. The first-order chi connectivity index (χ1) is 12.4. The van der Waals surface area contributed by atoms with E-state index in [9.17, 15) is 9.59 Å². The van der Waals surface area contributed by atoms with Crippen LogP contribution in [0.1, 0.15) is 29.8 Å². The summed E-state index contributed by atoms with van der Waals surface area (Å²) in [5, 5.41) is 2.92. The molecule has 2 aromatic carbocycles. The Hall–Kier alpha value is -2.82. The lowest BCUT2D eigenvalue weighted by Gasteiger charge is -2.41.